The van der Waals surface area contributed by atoms with Gasteiger partial charge < -0.3 is 20.5 Å². The van der Waals surface area contributed by atoms with Gasteiger partial charge >= 0.3 is 0 Å². The van der Waals surface area contributed by atoms with Crippen LogP contribution in [-0.4, -0.2) is 47.3 Å². The molecule has 0 amide bonds. The Morgan fingerprint density at radius 3 is 3.10 bits per heavy atom. The van der Waals surface area contributed by atoms with Crippen LogP contribution in [0.1, 0.15) is 24.8 Å². The van der Waals surface area contributed by atoms with E-state index in [0.717, 1.165) is 50.2 Å². The normalized spacial score (nSPS) is 19.8. The molecule has 1 aliphatic rings. The Kier molecular flexibility index (Phi) is 5.76. The van der Waals surface area contributed by atoms with E-state index < -0.39 is 0 Å². The van der Waals surface area contributed by atoms with Gasteiger partial charge in [0.2, 0.25) is 0 Å². The minimum atomic E-state index is -0.160. The van der Waals surface area contributed by atoms with E-state index in [1.807, 2.05) is 24.3 Å². The van der Waals surface area contributed by atoms with Crippen LogP contribution >= 0.6 is 12.2 Å². The van der Waals surface area contributed by atoms with E-state index >= 15 is 0 Å². The molecule has 3 N–H and O–H groups in total. The zero-order valence-electron chi connectivity index (χ0n) is 11.6. The summed E-state index contributed by atoms with van der Waals surface area (Å²) in [5, 5.41) is 9.60. The molecule has 1 aromatic rings. The fraction of sp³-hybridized carbons (Fsp3) is 0.533. The zero-order valence-corrected chi connectivity index (χ0v) is 12.4. The van der Waals surface area contributed by atoms with Crippen LogP contribution in [0.15, 0.2) is 24.3 Å². The second-order valence-electron chi connectivity index (χ2n) is 5.19. The zero-order chi connectivity index (χ0) is 14.4. The summed E-state index contributed by atoms with van der Waals surface area (Å²) >= 11 is 4.95. The van der Waals surface area contributed by atoms with Gasteiger partial charge in [-0.05, 0) is 37.9 Å². The molecule has 4 nitrogen and oxygen atoms in total. The summed E-state index contributed by atoms with van der Waals surface area (Å²) < 4.78 is 5.71. The number of β-amino-alcohol motifs (C(OH)–C–C–N with tert-alkyl or cyclic N) is 1. The first-order valence-corrected chi connectivity index (χ1v) is 7.49. The van der Waals surface area contributed by atoms with Crippen LogP contribution in [-0.2, 0) is 0 Å². The van der Waals surface area contributed by atoms with Crippen molar-refractivity contribution in [2.24, 2.45) is 5.73 Å². The summed E-state index contributed by atoms with van der Waals surface area (Å²) in [6.07, 6.45) is 2.80. The predicted molar refractivity (Wildman–Crippen MR) is 84.1 cm³/mol. The second kappa shape index (κ2) is 7.57. The second-order valence-corrected chi connectivity index (χ2v) is 5.63. The molecule has 110 valence electrons. The molecule has 1 unspecified atom stereocenters. The predicted octanol–water partition coefficient (Wildman–Crippen LogP) is 1.55. The van der Waals surface area contributed by atoms with Crippen LogP contribution in [0.2, 0.25) is 0 Å². The highest BCUT2D eigenvalue weighted by atomic mass is 32.1. The van der Waals surface area contributed by atoms with Gasteiger partial charge in [0.05, 0.1) is 12.7 Å². The number of rotatable bonds is 6. The highest BCUT2D eigenvalue weighted by Crippen LogP contribution is 2.14. The van der Waals surface area contributed by atoms with Gasteiger partial charge in [0, 0.05) is 18.7 Å². The number of benzene rings is 1. The Morgan fingerprint density at radius 1 is 1.50 bits per heavy atom. The number of nitrogens with zero attached hydrogens (tertiary/aromatic N) is 1. The van der Waals surface area contributed by atoms with E-state index in [2.05, 4.69) is 4.90 Å². The van der Waals surface area contributed by atoms with Gasteiger partial charge in [-0.15, -0.1) is 0 Å². The summed E-state index contributed by atoms with van der Waals surface area (Å²) in [6, 6.07) is 7.55. The number of likely N-dealkylation sites (tertiary alicyclic amines) is 1. The third kappa shape index (κ3) is 4.74. The Balaban J connectivity index is 1.70. The average molecular weight is 294 g/mol. The molecule has 1 heterocycles. The average Bonchev–Trinajstić information content (AvgIpc) is 2.44. The lowest BCUT2D eigenvalue weighted by Gasteiger charge is -2.29. The molecule has 1 fully saturated rings. The van der Waals surface area contributed by atoms with Crippen molar-refractivity contribution < 1.29 is 9.84 Å². The first-order valence-electron chi connectivity index (χ1n) is 7.08. The topological polar surface area (TPSA) is 58.7 Å². The van der Waals surface area contributed by atoms with E-state index in [1.54, 1.807) is 0 Å². The fourth-order valence-electron chi connectivity index (χ4n) is 2.45. The third-order valence-electron chi connectivity index (χ3n) is 3.49. The number of piperidine rings is 1. The monoisotopic (exact) mass is 294 g/mol. The molecule has 1 aliphatic heterocycles. The summed E-state index contributed by atoms with van der Waals surface area (Å²) in [5.41, 5.74) is 6.42. The van der Waals surface area contributed by atoms with Gasteiger partial charge in [-0.25, -0.2) is 0 Å². The number of hydrogen-bond donors (Lipinski definition) is 2. The number of nitrogens with two attached hydrogens (primary N) is 1. The SMILES string of the molecule is NC(=S)c1cccc(OCCCN2CCCC(O)C2)c1. The van der Waals surface area contributed by atoms with E-state index in [1.165, 1.54) is 0 Å². The number of hydrogen-bond acceptors (Lipinski definition) is 4. The fourth-order valence-corrected chi connectivity index (χ4v) is 2.58. The van der Waals surface area contributed by atoms with Gasteiger partial charge in [0.25, 0.3) is 0 Å². The van der Waals surface area contributed by atoms with Gasteiger partial charge in [-0.3, -0.25) is 0 Å². The highest BCUT2D eigenvalue weighted by Gasteiger charge is 2.16. The molecule has 20 heavy (non-hydrogen) atoms. The van der Waals surface area contributed by atoms with Crippen LogP contribution in [0.4, 0.5) is 0 Å². The number of aliphatic hydroxyl groups excluding tert-OH is 1. The van der Waals surface area contributed by atoms with Crippen molar-refractivity contribution in [1.82, 2.24) is 4.90 Å². The maximum Gasteiger partial charge on any atom is 0.119 e. The molecular formula is C15H22N2O2S. The lowest BCUT2D eigenvalue weighted by atomic mass is 10.1. The van der Waals surface area contributed by atoms with Crippen molar-refractivity contribution in [2.75, 3.05) is 26.2 Å². The summed E-state index contributed by atoms with van der Waals surface area (Å²) in [5.74, 6) is 0.800. The molecule has 0 spiro atoms. The number of aliphatic hydroxyl groups is 1. The Hall–Kier alpha value is -1.17. The van der Waals surface area contributed by atoms with Crippen LogP contribution in [0, 0.1) is 0 Å². The summed E-state index contributed by atoms with van der Waals surface area (Å²) in [4.78, 5) is 2.68. The molecule has 1 aromatic carbocycles. The Labute approximate surface area is 125 Å². The minimum absolute atomic E-state index is 0.160. The van der Waals surface area contributed by atoms with Crippen LogP contribution < -0.4 is 10.5 Å². The van der Waals surface area contributed by atoms with E-state index in [-0.39, 0.29) is 6.10 Å². The third-order valence-corrected chi connectivity index (χ3v) is 3.72. The molecule has 0 radical (unpaired) electrons. The van der Waals surface area contributed by atoms with Crippen molar-refractivity contribution in [3.8, 4) is 5.75 Å². The first-order chi connectivity index (χ1) is 9.65. The van der Waals surface area contributed by atoms with Gasteiger partial charge in [-0.1, -0.05) is 24.4 Å². The molecular weight excluding hydrogens is 272 g/mol. The largest absolute Gasteiger partial charge is 0.494 e. The first kappa shape index (κ1) is 15.2. The quantitative estimate of drug-likeness (QED) is 0.616. The molecule has 0 saturated carbocycles. The van der Waals surface area contributed by atoms with Crippen molar-refractivity contribution in [3.05, 3.63) is 29.8 Å². The van der Waals surface area contributed by atoms with Gasteiger partial charge in [0.15, 0.2) is 0 Å². The summed E-state index contributed by atoms with van der Waals surface area (Å²) in [6.45, 7) is 3.49. The summed E-state index contributed by atoms with van der Waals surface area (Å²) in [7, 11) is 0. The molecule has 0 aromatic heterocycles. The van der Waals surface area contributed by atoms with E-state index in [9.17, 15) is 5.11 Å². The minimum Gasteiger partial charge on any atom is -0.494 e. The van der Waals surface area contributed by atoms with Crippen molar-refractivity contribution in [3.63, 3.8) is 0 Å². The molecule has 1 atom stereocenters. The maximum atomic E-state index is 9.60. The smallest absolute Gasteiger partial charge is 0.119 e. The van der Waals surface area contributed by atoms with Gasteiger partial charge in [-0.2, -0.15) is 0 Å². The van der Waals surface area contributed by atoms with E-state index in [4.69, 9.17) is 22.7 Å². The lowest BCUT2D eigenvalue weighted by molar-refractivity contribution is 0.0679. The van der Waals surface area contributed by atoms with Crippen molar-refractivity contribution in [2.45, 2.75) is 25.4 Å². The van der Waals surface area contributed by atoms with Gasteiger partial charge in [0.1, 0.15) is 10.7 Å². The van der Waals surface area contributed by atoms with Crippen molar-refractivity contribution >= 4 is 17.2 Å². The highest BCUT2D eigenvalue weighted by molar-refractivity contribution is 7.80. The maximum absolute atomic E-state index is 9.60. The number of ether oxygens (including phenoxy) is 1. The van der Waals surface area contributed by atoms with Crippen LogP contribution in [0.5, 0.6) is 5.75 Å². The molecule has 0 bridgehead atoms. The molecule has 5 heteroatoms. The Morgan fingerprint density at radius 2 is 2.35 bits per heavy atom. The number of thiocarbonyl (C=S) groups is 1. The molecule has 2 rings (SSSR count). The standard InChI is InChI=1S/C15H22N2O2S/c16-15(20)12-4-1-6-14(10-12)19-9-3-8-17-7-2-5-13(18)11-17/h1,4,6,10,13,18H,2-3,5,7-9,11H2,(H2,16,20). The van der Waals surface area contributed by atoms with Crippen LogP contribution in [0.25, 0.3) is 0 Å². The molecule has 0 aliphatic carbocycles. The van der Waals surface area contributed by atoms with Crippen molar-refractivity contribution in [1.29, 1.82) is 0 Å². The van der Waals surface area contributed by atoms with E-state index in [0.29, 0.717) is 11.6 Å². The molecule has 1 saturated heterocycles. The lowest BCUT2D eigenvalue weighted by Crippen LogP contribution is -2.39. The Bertz CT molecular complexity index is 453. The van der Waals surface area contributed by atoms with Crippen LogP contribution in [0.3, 0.4) is 0 Å².